The molecule has 1 aromatic heterocycles. The minimum atomic E-state index is -0.650. The topological polar surface area (TPSA) is 25.8 Å². The molecule has 19 heavy (non-hydrogen) atoms. The monoisotopic (exact) mass is 282 g/mol. The van der Waals surface area contributed by atoms with Crippen molar-refractivity contribution in [3.8, 4) is 11.3 Å². The van der Waals surface area contributed by atoms with Crippen LogP contribution in [0.5, 0.6) is 0 Å². The van der Waals surface area contributed by atoms with Crippen molar-refractivity contribution in [2.75, 3.05) is 0 Å². The van der Waals surface area contributed by atoms with Gasteiger partial charge in [0.25, 0.3) is 0 Å². The van der Waals surface area contributed by atoms with Crippen molar-refractivity contribution in [1.29, 1.82) is 0 Å². The number of nitrogens with zero attached hydrogens (tertiary/aromatic N) is 2. The third kappa shape index (κ3) is 2.45. The first kappa shape index (κ1) is 13.9. The Hall–Kier alpha value is -1.55. The molecule has 0 bridgehead atoms. The van der Waals surface area contributed by atoms with Crippen LogP contribution in [0.15, 0.2) is 12.1 Å². The maximum atomic E-state index is 14.2. The lowest BCUT2D eigenvalue weighted by atomic mass is 10.0. The van der Waals surface area contributed by atoms with Crippen LogP contribution >= 0.6 is 11.6 Å². The largest absolute Gasteiger partial charge is 0.232 e. The number of rotatable bonds is 2. The Morgan fingerprint density at radius 3 is 2.47 bits per heavy atom. The van der Waals surface area contributed by atoms with E-state index >= 15 is 0 Å². The fourth-order valence-corrected chi connectivity index (χ4v) is 2.00. The second-order valence-corrected chi connectivity index (χ2v) is 4.67. The summed E-state index contributed by atoms with van der Waals surface area (Å²) in [6.45, 7) is 5.09. The van der Waals surface area contributed by atoms with Crippen molar-refractivity contribution < 1.29 is 8.78 Å². The van der Waals surface area contributed by atoms with Crippen LogP contribution in [0.25, 0.3) is 11.3 Å². The molecule has 5 heteroatoms. The molecular formula is C14H13ClF2N2. The van der Waals surface area contributed by atoms with Crippen LogP contribution in [-0.4, -0.2) is 9.97 Å². The lowest BCUT2D eigenvalue weighted by molar-refractivity contribution is 0.582. The van der Waals surface area contributed by atoms with Gasteiger partial charge in [-0.2, -0.15) is 0 Å². The van der Waals surface area contributed by atoms with Gasteiger partial charge in [-0.15, -0.1) is 0 Å². The maximum Gasteiger partial charge on any atom is 0.138 e. The van der Waals surface area contributed by atoms with Gasteiger partial charge >= 0.3 is 0 Å². The number of hydrogen-bond donors (Lipinski definition) is 0. The SMILES string of the molecule is CCc1nc(Cl)c(C)c(-c2c(F)ccc(C)c2F)n1. The summed E-state index contributed by atoms with van der Waals surface area (Å²) in [5, 5.41) is 0.224. The maximum absolute atomic E-state index is 14.2. The van der Waals surface area contributed by atoms with Gasteiger partial charge < -0.3 is 0 Å². The molecule has 100 valence electrons. The first-order valence-corrected chi connectivity index (χ1v) is 6.31. The van der Waals surface area contributed by atoms with Gasteiger partial charge in [0.05, 0.1) is 11.3 Å². The number of aryl methyl sites for hydroxylation is 2. The summed E-state index contributed by atoms with van der Waals surface area (Å²) in [6.07, 6.45) is 0.544. The second kappa shape index (κ2) is 5.21. The Balaban J connectivity index is 2.79. The molecule has 0 spiro atoms. The summed E-state index contributed by atoms with van der Waals surface area (Å²) in [7, 11) is 0. The second-order valence-electron chi connectivity index (χ2n) is 4.31. The van der Waals surface area contributed by atoms with Crippen LogP contribution < -0.4 is 0 Å². The van der Waals surface area contributed by atoms with Crippen LogP contribution in [0.3, 0.4) is 0 Å². The molecule has 2 nitrogen and oxygen atoms in total. The highest BCUT2D eigenvalue weighted by molar-refractivity contribution is 6.30. The van der Waals surface area contributed by atoms with Crippen molar-refractivity contribution >= 4 is 11.6 Å². The average Bonchev–Trinajstić information content (AvgIpc) is 2.39. The highest BCUT2D eigenvalue weighted by Crippen LogP contribution is 2.31. The van der Waals surface area contributed by atoms with Gasteiger partial charge in [0.15, 0.2) is 0 Å². The fourth-order valence-electron chi connectivity index (χ4n) is 1.81. The van der Waals surface area contributed by atoms with Gasteiger partial charge in [-0.1, -0.05) is 24.6 Å². The van der Waals surface area contributed by atoms with E-state index < -0.39 is 11.6 Å². The third-order valence-electron chi connectivity index (χ3n) is 2.97. The number of halogens is 3. The smallest absolute Gasteiger partial charge is 0.138 e. The molecule has 2 aromatic rings. The van der Waals surface area contributed by atoms with Crippen LogP contribution in [0, 0.1) is 25.5 Å². The lowest BCUT2D eigenvalue weighted by Crippen LogP contribution is -2.03. The molecule has 0 aliphatic carbocycles. The number of hydrogen-bond acceptors (Lipinski definition) is 2. The Bertz CT molecular complexity index is 642. The number of benzene rings is 1. The Morgan fingerprint density at radius 2 is 1.84 bits per heavy atom. The molecule has 0 radical (unpaired) electrons. The highest BCUT2D eigenvalue weighted by Gasteiger charge is 2.19. The van der Waals surface area contributed by atoms with Gasteiger partial charge in [0.1, 0.15) is 22.6 Å². The molecule has 0 aliphatic heterocycles. The summed E-state index contributed by atoms with van der Waals surface area (Å²) < 4.78 is 28.1. The average molecular weight is 283 g/mol. The van der Waals surface area contributed by atoms with E-state index in [4.69, 9.17) is 11.6 Å². The fraction of sp³-hybridized carbons (Fsp3) is 0.286. The van der Waals surface area contributed by atoms with Gasteiger partial charge in [-0.25, -0.2) is 18.7 Å². The zero-order chi connectivity index (χ0) is 14.2. The molecule has 0 aliphatic rings. The quantitative estimate of drug-likeness (QED) is 0.769. The van der Waals surface area contributed by atoms with Crippen molar-refractivity contribution in [1.82, 2.24) is 9.97 Å². The van der Waals surface area contributed by atoms with Crippen LogP contribution in [0.1, 0.15) is 23.9 Å². The van der Waals surface area contributed by atoms with E-state index in [1.807, 2.05) is 6.92 Å². The minimum Gasteiger partial charge on any atom is -0.232 e. The molecular weight excluding hydrogens is 270 g/mol. The van der Waals surface area contributed by atoms with Gasteiger partial charge in [-0.3, -0.25) is 0 Å². The molecule has 0 fully saturated rings. The van der Waals surface area contributed by atoms with Crippen LogP contribution in [0.4, 0.5) is 8.78 Å². The van der Waals surface area contributed by atoms with E-state index in [1.165, 1.54) is 12.1 Å². The molecule has 2 rings (SSSR count). The summed E-state index contributed by atoms with van der Waals surface area (Å²) in [5.74, 6) is -0.797. The van der Waals surface area contributed by atoms with Crippen LogP contribution in [0.2, 0.25) is 5.15 Å². The van der Waals surface area contributed by atoms with Crippen molar-refractivity contribution in [2.24, 2.45) is 0 Å². The van der Waals surface area contributed by atoms with E-state index in [2.05, 4.69) is 9.97 Å². The van der Waals surface area contributed by atoms with Crippen molar-refractivity contribution in [3.05, 3.63) is 45.9 Å². The summed E-state index contributed by atoms with van der Waals surface area (Å²) in [5.41, 5.74) is 0.915. The van der Waals surface area contributed by atoms with E-state index in [0.717, 1.165) is 0 Å². The zero-order valence-corrected chi connectivity index (χ0v) is 11.6. The molecule has 0 saturated carbocycles. The predicted octanol–water partition coefficient (Wildman–Crippen LogP) is 4.25. The van der Waals surface area contributed by atoms with E-state index in [9.17, 15) is 8.78 Å². The first-order chi connectivity index (χ1) is 8.95. The molecule has 0 saturated heterocycles. The zero-order valence-electron chi connectivity index (χ0n) is 10.9. The predicted molar refractivity (Wildman–Crippen MR) is 71.2 cm³/mol. The van der Waals surface area contributed by atoms with E-state index in [0.29, 0.717) is 23.4 Å². The van der Waals surface area contributed by atoms with Gasteiger partial charge in [-0.05, 0) is 25.5 Å². The number of aromatic nitrogens is 2. The van der Waals surface area contributed by atoms with Crippen molar-refractivity contribution in [2.45, 2.75) is 27.2 Å². The van der Waals surface area contributed by atoms with Gasteiger partial charge in [0.2, 0.25) is 0 Å². The van der Waals surface area contributed by atoms with Crippen LogP contribution in [-0.2, 0) is 6.42 Å². The molecule has 1 heterocycles. The standard InChI is InChI=1S/C14H13ClF2N2/c1-4-10-18-13(8(3)14(15)19-10)11-9(16)6-5-7(2)12(11)17/h5-6H,4H2,1-3H3. The van der Waals surface area contributed by atoms with Gasteiger partial charge in [0, 0.05) is 12.0 Å². The first-order valence-electron chi connectivity index (χ1n) is 5.93. The Kier molecular flexibility index (Phi) is 3.80. The normalized spacial score (nSPS) is 10.8. The molecule has 0 N–H and O–H groups in total. The van der Waals surface area contributed by atoms with E-state index in [-0.39, 0.29) is 16.4 Å². The Labute approximate surface area is 115 Å². The van der Waals surface area contributed by atoms with E-state index in [1.54, 1.807) is 13.8 Å². The molecule has 0 amide bonds. The lowest BCUT2D eigenvalue weighted by Gasteiger charge is -2.11. The minimum absolute atomic E-state index is 0.142. The summed E-state index contributed by atoms with van der Waals surface area (Å²) >= 11 is 6.00. The summed E-state index contributed by atoms with van der Waals surface area (Å²) in [4.78, 5) is 8.28. The highest BCUT2D eigenvalue weighted by atomic mass is 35.5. The summed E-state index contributed by atoms with van der Waals surface area (Å²) in [6, 6.07) is 2.63. The van der Waals surface area contributed by atoms with Crippen molar-refractivity contribution in [3.63, 3.8) is 0 Å². The molecule has 0 unspecified atom stereocenters. The third-order valence-corrected chi connectivity index (χ3v) is 3.34. The molecule has 0 atom stereocenters. The Morgan fingerprint density at radius 1 is 1.16 bits per heavy atom. The molecule has 1 aromatic carbocycles.